The standard InChI is InChI=1S/C20H32/c1-14(2)15-7-9-17-16(13-15)8-10-18-19(3,4)11-6-12-20(17,18)5/h8,13-14,17-18H,6-7,9-12H2,1-5H3/t17?,18?,20-/m0/s1. The van der Waals surface area contributed by atoms with E-state index in [-0.39, 0.29) is 0 Å². The zero-order valence-corrected chi connectivity index (χ0v) is 14.1. The van der Waals surface area contributed by atoms with Crippen molar-refractivity contribution in [2.24, 2.45) is 28.6 Å². The quantitative estimate of drug-likeness (QED) is 0.537. The van der Waals surface area contributed by atoms with Crippen molar-refractivity contribution in [3.05, 3.63) is 23.3 Å². The van der Waals surface area contributed by atoms with Gasteiger partial charge >= 0.3 is 0 Å². The molecule has 3 aliphatic rings. The molecule has 20 heavy (non-hydrogen) atoms. The van der Waals surface area contributed by atoms with Gasteiger partial charge in [-0.15, -0.1) is 0 Å². The van der Waals surface area contributed by atoms with Crippen molar-refractivity contribution in [3.63, 3.8) is 0 Å². The maximum absolute atomic E-state index is 2.62. The van der Waals surface area contributed by atoms with Gasteiger partial charge in [0.15, 0.2) is 0 Å². The lowest BCUT2D eigenvalue weighted by molar-refractivity contribution is -0.0389. The van der Waals surface area contributed by atoms with Gasteiger partial charge in [-0.2, -0.15) is 0 Å². The van der Waals surface area contributed by atoms with E-state index < -0.39 is 0 Å². The smallest absolute Gasteiger partial charge is 0.0105 e. The third-order valence-corrected chi connectivity index (χ3v) is 6.88. The van der Waals surface area contributed by atoms with E-state index in [9.17, 15) is 0 Å². The molecule has 1 saturated carbocycles. The third kappa shape index (κ3) is 2.11. The van der Waals surface area contributed by atoms with Crippen molar-refractivity contribution in [1.29, 1.82) is 0 Å². The average Bonchev–Trinajstić information content (AvgIpc) is 2.37. The van der Waals surface area contributed by atoms with Crippen molar-refractivity contribution < 1.29 is 0 Å². The van der Waals surface area contributed by atoms with Crippen LogP contribution in [0.2, 0.25) is 0 Å². The minimum absolute atomic E-state index is 0.539. The molecule has 0 nitrogen and oxygen atoms in total. The van der Waals surface area contributed by atoms with Gasteiger partial charge in [-0.25, -0.2) is 0 Å². The van der Waals surface area contributed by atoms with Crippen LogP contribution in [-0.4, -0.2) is 0 Å². The molecule has 0 aromatic heterocycles. The van der Waals surface area contributed by atoms with E-state index in [0.29, 0.717) is 10.8 Å². The molecular weight excluding hydrogens is 240 g/mol. The molecule has 0 radical (unpaired) electrons. The zero-order chi connectivity index (χ0) is 14.5. The molecule has 0 heterocycles. The Labute approximate surface area is 125 Å². The highest BCUT2D eigenvalue weighted by molar-refractivity contribution is 5.35. The summed E-state index contributed by atoms with van der Waals surface area (Å²) in [5.41, 5.74) is 4.48. The van der Waals surface area contributed by atoms with E-state index >= 15 is 0 Å². The van der Waals surface area contributed by atoms with Gasteiger partial charge in [-0.3, -0.25) is 0 Å². The van der Waals surface area contributed by atoms with Crippen LogP contribution >= 0.6 is 0 Å². The summed E-state index contributed by atoms with van der Waals surface area (Å²) in [4.78, 5) is 0. The number of hydrogen-bond acceptors (Lipinski definition) is 0. The summed E-state index contributed by atoms with van der Waals surface area (Å²) in [5, 5.41) is 0. The highest BCUT2D eigenvalue weighted by atomic mass is 14.6. The molecule has 0 N–H and O–H groups in total. The predicted octanol–water partition coefficient (Wildman–Crippen LogP) is 6.14. The van der Waals surface area contributed by atoms with E-state index in [1.54, 1.807) is 11.1 Å². The second-order valence-electron chi connectivity index (χ2n) is 8.81. The Morgan fingerprint density at radius 2 is 1.90 bits per heavy atom. The van der Waals surface area contributed by atoms with E-state index in [1.165, 1.54) is 38.5 Å². The van der Waals surface area contributed by atoms with Crippen molar-refractivity contribution in [3.8, 4) is 0 Å². The first kappa shape index (κ1) is 14.4. The highest BCUT2D eigenvalue weighted by Gasteiger charge is 2.52. The minimum Gasteiger partial charge on any atom is -0.0807 e. The van der Waals surface area contributed by atoms with Crippen LogP contribution in [0.5, 0.6) is 0 Å². The van der Waals surface area contributed by atoms with Crippen molar-refractivity contribution in [2.75, 3.05) is 0 Å². The summed E-state index contributed by atoms with van der Waals surface area (Å²) in [7, 11) is 0. The maximum Gasteiger partial charge on any atom is -0.0105 e. The van der Waals surface area contributed by atoms with Crippen LogP contribution in [0.4, 0.5) is 0 Å². The normalized spacial score (nSPS) is 39.7. The molecule has 0 amide bonds. The molecule has 0 saturated heterocycles. The molecule has 3 aliphatic carbocycles. The van der Waals surface area contributed by atoms with Gasteiger partial charge in [-0.05, 0) is 66.3 Å². The molecule has 112 valence electrons. The van der Waals surface area contributed by atoms with Gasteiger partial charge in [-0.1, -0.05) is 58.8 Å². The third-order valence-electron chi connectivity index (χ3n) is 6.88. The van der Waals surface area contributed by atoms with Crippen molar-refractivity contribution in [1.82, 2.24) is 0 Å². The number of rotatable bonds is 1. The summed E-state index contributed by atoms with van der Waals surface area (Å²) in [6.07, 6.45) is 13.5. The van der Waals surface area contributed by atoms with Crippen molar-refractivity contribution >= 4 is 0 Å². The Balaban J connectivity index is 1.97. The van der Waals surface area contributed by atoms with E-state index in [4.69, 9.17) is 0 Å². The van der Waals surface area contributed by atoms with Gasteiger partial charge < -0.3 is 0 Å². The van der Waals surface area contributed by atoms with Gasteiger partial charge in [0.1, 0.15) is 0 Å². The lowest BCUT2D eigenvalue weighted by Crippen LogP contribution is -2.49. The van der Waals surface area contributed by atoms with Crippen LogP contribution in [-0.2, 0) is 0 Å². The number of fused-ring (bicyclic) bond motifs is 3. The number of allylic oxidation sites excluding steroid dienone is 4. The average molecular weight is 272 g/mol. The molecular formula is C20H32. The van der Waals surface area contributed by atoms with Gasteiger partial charge in [0.25, 0.3) is 0 Å². The lowest BCUT2D eigenvalue weighted by atomic mass is 9.47. The fourth-order valence-electron chi connectivity index (χ4n) is 5.66. The first-order chi connectivity index (χ1) is 9.34. The Bertz CT molecular complexity index is 449. The minimum atomic E-state index is 0.539. The Hall–Kier alpha value is -0.520. The summed E-state index contributed by atoms with van der Waals surface area (Å²) in [6.45, 7) is 12.4. The molecule has 0 aromatic rings. The Morgan fingerprint density at radius 1 is 1.15 bits per heavy atom. The summed E-state index contributed by atoms with van der Waals surface area (Å²) in [6, 6.07) is 0. The van der Waals surface area contributed by atoms with Crippen LogP contribution in [0.3, 0.4) is 0 Å². The van der Waals surface area contributed by atoms with E-state index in [2.05, 4.69) is 46.8 Å². The first-order valence-corrected chi connectivity index (χ1v) is 8.75. The molecule has 0 aliphatic heterocycles. The van der Waals surface area contributed by atoms with E-state index in [1.807, 2.05) is 0 Å². The fraction of sp³-hybridized carbons (Fsp3) is 0.800. The second kappa shape index (κ2) is 4.75. The molecule has 3 rings (SSSR count). The summed E-state index contributed by atoms with van der Waals surface area (Å²) >= 11 is 0. The number of hydrogen-bond donors (Lipinski definition) is 0. The monoisotopic (exact) mass is 272 g/mol. The predicted molar refractivity (Wildman–Crippen MR) is 87.6 cm³/mol. The first-order valence-electron chi connectivity index (χ1n) is 8.75. The Morgan fingerprint density at radius 3 is 2.60 bits per heavy atom. The largest absolute Gasteiger partial charge is 0.0807 e. The second-order valence-corrected chi connectivity index (χ2v) is 8.81. The van der Waals surface area contributed by atoms with Crippen molar-refractivity contribution in [2.45, 2.75) is 73.1 Å². The topological polar surface area (TPSA) is 0 Å². The lowest BCUT2D eigenvalue weighted by Gasteiger charge is -2.57. The zero-order valence-electron chi connectivity index (χ0n) is 14.1. The molecule has 0 bridgehead atoms. The van der Waals surface area contributed by atoms with Gasteiger partial charge in [0.05, 0.1) is 0 Å². The molecule has 0 heteroatoms. The van der Waals surface area contributed by atoms with Crippen LogP contribution in [0.1, 0.15) is 73.1 Å². The maximum atomic E-state index is 2.62. The Kier molecular flexibility index (Phi) is 3.42. The van der Waals surface area contributed by atoms with Gasteiger partial charge in [0.2, 0.25) is 0 Å². The SMILES string of the molecule is CC(C)C1=CC2=CCC3C(C)(C)CCC[C@@]3(C)C2CC1. The molecule has 0 spiro atoms. The summed E-state index contributed by atoms with van der Waals surface area (Å²) in [5.74, 6) is 2.46. The van der Waals surface area contributed by atoms with Gasteiger partial charge in [0, 0.05) is 0 Å². The van der Waals surface area contributed by atoms with Crippen LogP contribution in [0.25, 0.3) is 0 Å². The molecule has 0 aromatic carbocycles. The highest BCUT2D eigenvalue weighted by Crippen LogP contribution is 2.61. The molecule has 3 atom stereocenters. The van der Waals surface area contributed by atoms with Crippen LogP contribution in [0, 0.1) is 28.6 Å². The van der Waals surface area contributed by atoms with Crippen LogP contribution < -0.4 is 0 Å². The molecule has 1 fully saturated rings. The van der Waals surface area contributed by atoms with E-state index in [0.717, 1.165) is 17.8 Å². The van der Waals surface area contributed by atoms with Crippen LogP contribution in [0.15, 0.2) is 23.3 Å². The summed E-state index contributed by atoms with van der Waals surface area (Å²) < 4.78 is 0. The fourth-order valence-corrected chi connectivity index (χ4v) is 5.66. The molecule has 2 unspecified atom stereocenters.